The van der Waals surface area contributed by atoms with Crippen LogP contribution in [0.15, 0.2) is 36.4 Å². The fourth-order valence-electron chi connectivity index (χ4n) is 3.71. The molecule has 1 saturated carbocycles. The summed E-state index contributed by atoms with van der Waals surface area (Å²) in [5.41, 5.74) is 4.19. The van der Waals surface area contributed by atoms with E-state index in [1.165, 1.54) is 43.4 Å². The highest BCUT2D eigenvalue weighted by Crippen LogP contribution is 2.32. The van der Waals surface area contributed by atoms with Gasteiger partial charge in [-0.3, -0.25) is 0 Å². The lowest BCUT2D eigenvalue weighted by molar-refractivity contribution is 0.289. The van der Waals surface area contributed by atoms with Crippen LogP contribution in [0.2, 0.25) is 0 Å². The van der Waals surface area contributed by atoms with Crippen molar-refractivity contribution in [2.75, 3.05) is 0 Å². The van der Waals surface area contributed by atoms with Crippen LogP contribution in [-0.4, -0.2) is 0 Å². The monoisotopic (exact) mass is 314 g/mol. The highest BCUT2D eigenvalue weighted by molar-refractivity contribution is 5.67. The van der Waals surface area contributed by atoms with Crippen LogP contribution in [0, 0.1) is 30.4 Å². The van der Waals surface area contributed by atoms with Gasteiger partial charge < -0.3 is 0 Å². The van der Waals surface area contributed by atoms with Crippen molar-refractivity contribution >= 4 is 0 Å². The van der Waals surface area contributed by atoms with Crippen LogP contribution in [-0.2, 0) is 6.42 Å². The van der Waals surface area contributed by atoms with Crippen LogP contribution in [0.3, 0.4) is 0 Å². The van der Waals surface area contributed by atoms with Gasteiger partial charge in [-0.2, -0.15) is 0 Å². The maximum atomic E-state index is 13.4. The van der Waals surface area contributed by atoms with Crippen LogP contribution in [0.5, 0.6) is 0 Å². The summed E-state index contributed by atoms with van der Waals surface area (Å²) in [5, 5.41) is 0. The van der Waals surface area contributed by atoms with E-state index in [2.05, 4.69) is 19.1 Å². The maximum absolute atomic E-state index is 13.4. The molecule has 122 valence electrons. The largest absolute Gasteiger partial charge is 0.204 e. The van der Waals surface area contributed by atoms with Crippen LogP contribution >= 0.6 is 0 Å². The minimum Gasteiger partial charge on any atom is -0.204 e. The predicted molar refractivity (Wildman–Crippen MR) is 91.4 cm³/mol. The molecule has 0 N–H and O–H groups in total. The van der Waals surface area contributed by atoms with Crippen molar-refractivity contribution in [3.63, 3.8) is 0 Å². The molecule has 1 aliphatic rings. The Morgan fingerprint density at radius 3 is 2.30 bits per heavy atom. The molecule has 2 heteroatoms. The van der Waals surface area contributed by atoms with Crippen LogP contribution in [0.25, 0.3) is 11.1 Å². The lowest BCUT2D eigenvalue weighted by Gasteiger charge is -2.26. The zero-order valence-electron chi connectivity index (χ0n) is 13.9. The molecule has 2 aromatic rings. The highest BCUT2D eigenvalue weighted by atomic mass is 19.2. The molecule has 1 fully saturated rings. The van der Waals surface area contributed by atoms with Crippen molar-refractivity contribution in [2.45, 2.75) is 46.0 Å². The summed E-state index contributed by atoms with van der Waals surface area (Å²) in [6.45, 7) is 4.39. The number of halogens is 2. The first-order chi connectivity index (χ1) is 11.0. The van der Waals surface area contributed by atoms with Gasteiger partial charge in [-0.1, -0.05) is 44.0 Å². The lowest BCUT2D eigenvalue weighted by Crippen LogP contribution is -2.14. The van der Waals surface area contributed by atoms with Gasteiger partial charge in [-0.05, 0) is 72.4 Å². The Morgan fingerprint density at radius 1 is 0.913 bits per heavy atom. The summed E-state index contributed by atoms with van der Waals surface area (Å²) in [6, 6.07) is 10.5. The first kappa shape index (κ1) is 16.2. The Labute approximate surface area is 137 Å². The molecular weight excluding hydrogens is 290 g/mol. The molecule has 0 nitrogen and oxygen atoms in total. The van der Waals surface area contributed by atoms with Gasteiger partial charge in [-0.15, -0.1) is 0 Å². The minimum atomic E-state index is -0.797. The second-order valence-corrected chi connectivity index (χ2v) is 7.11. The third-order valence-corrected chi connectivity index (χ3v) is 5.18. The van der Waals surface area contributed by atoms with Crippen molar-refractivity contribution in [1.29, 1.82) is 0 Å². The van der Waals surface area contributed by atoms with E-state index in [1.807, 2.05) is 13.0 Å². The predicted octanol–water partition coefficient (Wildman–Crippen LogP) is 6.31. The van der Waals surface area contributed by atoms with Crippen molar-refractivity contribution in [3.8, 4) is 11.1 Å². The zero-order chi connectivity index (χ0) is 16.4. The molecule has 0 unspecified atom stereocenters. The molecule has 0 saturated heterocycles. The van der Waals surface area contributed by atoms with E-state index in [0.717, 1.165) is 34.9 Å². The van der Waals surface area contributed by atoms with Crippen LogP contribution in [0.4, 0.5) is 8.78 Å². The Bertz CT molecular complexity index is 682. The maximum Gasteiger partial charge on any atom is 0.159 e. The van der Waals surface area contributed by atoms with E-state index >= 15 is 0 Å². The Kier molecular flexibility index (Phi) is 4.79. The number of benzene rings is 2. The standard InChI is InChI=1S/C21H24F2/c1-14-3-5-16(6-4-14)12-17-7-9-19(15(2)11-17)18-8-10-20(22)21(23)13-18/h7-11,13-14,16H,3-6,12H2,1-2H3. The molecule has 23 heavy (non-hydrogen) atoms. The van der Waals surface area contributed by atoms with Crippen molar-refractivity contribution in [2.24, 2.45) is 11.8 Å². The number of rotatable bonds is 3. The van der Waals surface area contributed by atoms with E-state index in [-0.39, 0.29) is 0 Å². The molecule has 0 spiro atoms. The fourth-order valence-corrected chi connectivity index (χ4v) is 3.71. The summed E-state index contributed by atoms with van der Waals surface area (Å²) in [6.07, 6.45) is 6.47. The molecule has 0 bridgehead atoms. The van der Waals surface area contributed by atoms with Gasteiger partial charge >= 0.3 is 0 Å². The van der Waals surface area contributed by atoms with E-state index in [4.69, 9.17) is 0 Å². The van der Waals surface area contributed by atoms with Gasteiger partial charge in [0, 0.05) is 0 Å². The lowest BCUT2D eigenvalue weighted by atomic mass is 9.80. The van der Waals surface area contributed by atoms with Crippen molar-refractivity contribution < 1.29 is 8.78 Å². The number of hydrogen-bond acceptors (Lipinski definition) is 0. The first-order valence-electron chi connectivity index (χ1n) is 8.58. The summed E-state index contributed by atoms with van der Waals surface area (Å²) in [5.74, 6) is 0.0836. The molecule has 1 aliphatic carbocycles. The molecular formula is C21H24F2. The third kappa shape index (κ3) is 3.80. The van der Waals surface area contributed by atoms with Gasteiger partial charge in [0.05, 0.1) is 0 Å². The van der Waals surface area contributed by atoms with Gasteiger partial charge in [-0.25, -0.2) is 8.78 Å². The van der Waals surface area contributed by atoms with Gasteiger partial charge in [0.1, 0.15) is 0 Å². The normalized spacial score (nSPS) is 21.4. The average molecular weight is 314 g/mol. The smallest absolute Gasteiger partial charge is 0.159 e. The average Bonchev–Trinajstić information content (AvgIpc) is 2.53. The van der Waals surface area contributed by atoms with E-state index in [1.54, 1.807) is 6.07 Å². The number of hydrogen-bond donors (Lipinski definition) is 0. The van der Waals surface area contributed by atoms with Gasteiger partial charge in [0.25, 0.3) is 0 Å². The summed E-state index contributed by atoms with van der Waals surface area (Å²) >= 11 is 0. The molecule has 3 rings (SSSR count). The molecule has 0 radical (unpaired) electrons. The molecule has 0 heterocycles. The molecule has 0 atom stereocenters. The second-order valence-electron chi connectivity index (χ2n) is 7.11. The summed E-state index contributed by atoms with van der Waals surface area (Å²) in [7, 11) is 0. The van der Waals surface area contributed by atoms with E-state index < -0.39 is 11.6 Å². The third-order valence-electron chi connectivity index (χ3n) is 5.18. The summed E-state index contributed by atoms with van der Waals surface area (Å²) < 4.78 is 26.5. The van der Waals surface area contributed by atoms with Gasteiger partial charge in [0.2, 0.25) is 0 Å². The highest BCUT2D eigenvalue weighted by Gasteiger charge is 2.18. The Balaban J connectivity index is 1.76. The molecule has 0 aromatic heterocycles. The zero-order valence-corrected chi connectivity index (χ0v) is 13.9. The topological polar surface area (TPSA) is 0 Å². The summed E-state index contributed by atoms with van der Waals surface area (Å²) in [4.78, 5) is 0. The van der Waals surface area contributed by atoms with Crippen LogP contribution in [0.1, 0.15) is 43.7 Å². The SMILES string of the molecule is Cc1cc(CC2CCC(C)CC2)ccc1-c1ccc(F)c(F)c1. The minimum absolute atomic E-state index is 0.736. The van der Waals surface area contributed by atoms with Crippen molar-refractivity contribution in [1.82, 2.24) is 0 Å². The Morgan fingerprint density at radius 2 is 1.65 bits per heavy atom. The van der Waals surface area contributed by atoms with Crippen molar-refractivity contribution in [3.05, 3.63) is 59.2 Å². The van der Waals surface area contributed by atoms with Crippen LogP contribution < -0.4 is 0 Å². The Hall–Kier alpha value is -1.70. The first-order valence-corrected chi connectivity index (χ1v) is 8.58. The second kappa shape index (κ2) is 6.82. The van der Waals surface area contributed by atoms with E-state index in [0.29, 0.717) is 0 Å². The quantitative estimate of drug-likeness (QED) is 0.623. The van der Waals surface area contributed by atoms with E-state index in [9.17, 15) is 8.78 Å². The molecule has 0 aliphatic heterocycles. The fraction of sp³-hybridized carbons (Fsp3) is 0.429. The molecule has 0 amide bonds. The van der Waals surface area contributed by atoms with Gasteiger partial charge in [0.15, 0.2) is 11.6 Å². The molecule has 2 aromatic carbocycles. The number of aryl methyl sites for hydroxylation is 1.